The molecule has 0 heterocycles. The summed E-state index contributed by atoms with van der Waals surface area (Å²) in [6.45, 7) is 3.12. The van der Waals surface area contributed by atoms with Crippen LogP contribution in [0.3, 0.4) is 0 Å². The van der Waals surface area contributed by atoms with E-state index in [1.165, 1.54) is 0 Å². The summed E-state index contributed by atoms with van der Waals surface area (Å²) in [6.07, 6.45) is 4.86. The number of nitrogens with two attached hydrogens (primary N) is 1. The van der Waals surface area contributed by atoms with Gasteiger partial charge in [0.05, 0.1) is 32.8 Å². The molecule has 0 aromatic heterocycles. The smallest absolute Gasteiger partial charge is 0.340 e. The zero-order valence-electron chi connectivity index (χ0n) is 17.8. The van der Waals surface area contributed by atoms with E-state index < -0.39 is 42.2 Å². The van der Waals surface area contributed by atoms with Crippen molar-refractivity contribution in [2.24, 2.45) is 5.73 Å². The van der Waals surface area contributed by atoms with Gasteiger partial charge in [-0.1, -0.05) is 39.5 Å². The molecule has 11 heteroatoms. The van der Waals surface area contributed by atoms with Crippen LogP contribution in [-0.2, 0) is 33.4 Å². The van der Waals surface area contributed by atoms with Crippen LogP contribution < -0.4 is 21.7 Å². The Kier molecular flexibility index (Phi) is 15.7. The maximum Gasteiger partial charge on any atom is 0.340 e. The highest BCUT2D eigenvalue weighted by Crippen LogP contribution is 2.01. The van der Waals surface area contributed by atoms with Gasteiger partial charge >= 0.3 is 11.9 Å². The first-order valence-corrected chi connectivity index (χ1v) is 10.2. The van der Waals surface area contributed by atoms with Gasteiger partial charge in [0.15, 0.2) is 0 Å². The number of hydrogen-bond acceptors (Lipinski definition) is 8. The predicted molar refractivity (Wildman–Crippen MR) is 108 cm³/mol. The quantitative estimate of drug-likeness (QED) is 0.139. The number of carbonyl (C=O) groups excluding carboxylic acids is 5. The molecule has 0 saturated heterocycles. The Morgan fingerprint density at radius 3 is 1.67 bits per heavy atom. The van der Waals surface area contributed by atoms with Crippen LogP contribution in [0.1, 0.15) is 52.4 Å². The topological polar surface area (TPSA) is 166 Å². The van der Waals surface area contributed by atoms with Crippen LogP contribution in [0.4, 0.5) is 0 Å². The van der Waals surface area contributed by atoms with Crippen molar-refractivity contribution in [3.05, 3.63) is 0 Å². The summed E-state index contributed by atoms with van der Waals surface area (Å²) in [7, 11) is 0. The number of carbonyl (C=O) groups is 5. The lowest BCUT2D eigenvalue weighted by Crippen LogP contribution is -2.51. The van der Waals surface area contributed by atoms with E-state index in [9.17, 15) is 24.0 Å². The van der Waals surface area contributed by atoms with E-state index in [0.717, 1.165) is 25.7 Å². The number of rotatable bonds is 16. The van der Waals surface area contributed by atoms with Crippen molar-refractivity contribution in [2.75, 3.05) is 32.8 Å². The van der Waals surface area contributed by atoms with Crippen LogP contribution >= 0.6 is 0 Å². The molecule has 172 valence electrons. The van der Waals surface area contributed by atoms with Gasteiger partial charge in [-0.15, -0.1) is 0 Å². The van der Waals surface area contributed by atoms with Gasteiger partial charge in [-0.3, -0.25) is 14.4 Å². The second kappa shape index (κ2) is 17.2. The van der Waals surface area contributed by atoms with Gasteiger partial charge in [0.1, 0.15) is 0 Å². The number of nitrogens with one attached hydrogen (secondary N) is 3. The van der Waals surface area contributed by atoms with Crippen LogP contribution in [0.15, 0.2) is 0 Å². The number of ether oxygens (including phenoxy) is 2. The molecule has 0 unspecified atom stereocenters. The van der Waals surface area contributed by atoms with Gasteiger partial charge in [0.25, 0.3) is 0 Å². The molecule has 0 rings (SSSR count). The van der Waals surface area contributed by atoms with Crippen molar-refractivity contribution >= 4 is 29.7 Å². The summed E-state index contributed by atoms with van der Waals surface area (Å²) >= 11 is 0. The zero-order chi connectivity index (χ0) is 22.8. The minimum atomic E-state index is -1.62. The first kappa shape index (κ1) is 27.3. The average Bonchev–Trinajstić information content (AvgIpc) is 2.74. The fourth-order valence-electron chi connectivity index (χ4n) is 2.13. The fourth-order valence-corrected chi connectivity index (χ4v) is 2.13. The molecule has 3 amide bonds. The molecule has 0 bridgehead atoms. The molecule has 0 aromatic carbocycles. The van der Waals surface area contributed by atoms with Crippen LogP contribution in [0, 0.1) is 0 Å². The lowest BCUT2D eigenvalue weighted by molar-refractivity contribution is -0.160. The van der Waals surface area contributed by atoms with Crippen molar-refractivity contribution < 1.29 is 33.4 Å². The highest BCUT2D eigenvalue weighted by atomic mass is 16.6. The Bertz CT molecular complexity index is 545. The van der Waals surface area contributed by atoms with Gasteiger partial charge in [0.2, 0.25) is 23.8 Å². The van der Waals surface area contributed by atoms with Crippen LogP contribution in [0.5, 0.6) is 0 Å². The molecule has 0 aliphatic heterocycles. The van der Waals surface area contributed by atoms with E-state index in [-0.39, 0.29) is 26.3 Å². The molecule has 30 heavy (non-hydrogen) atoms. The highest BCUT2D eigenvalue weighted by molar-refractivity contribution is 6.03. The van der Waals surface area contributed by atoms with E-state index in [1.54, 1.807) is 0 Å². The summed E-state index contributed by atoms with van der Waals surface area (Å²) in [5.74, 6) is -3.77. The predicted octanol–water partition coefficient (Wildman–Crippen LogP) is -0.871. The van der Waals surface area contributed by atoms with Gasteiger partial charge in [-0.2, -0.15) is 0 Å². The molecule has 0 aromatic rings. The zero-order valence-corrected chi connectivity index (χ0v) is 17.8. The molecule has 11 nitrogen and oxygen atoms in total. The fraction of sp³-hybridized carbons (Fsp3) is 0.737. The summed E-state index contributed by atoms with van der Waals surface area (Å²) < 4.78 is 10.1. The Labute approximate surface area is 176 Å². The van der Waals surface area contributed by atoms with Gasteiger partial charge in [0, 0.05) is 0 Å². The minimum Gasteiger partial charge on any atom is -0.464 e. The van der Waals surface area contributed by atoms with Crippen molar-refractivity contribution in [3.8, 4) is 0 Å². The molecule has 0 aliphatic carbocycles. The van der Waals surface area contributed by atoms with Crippen molar-refractivity contribution in [1.82, 2.24) is 16.0 Å². The third-order valence-electron chi connectivity index (χ3n) is 3.84. The van der Waals surface area contributed by atoms with E-state index in [4.69, 9.17) is 15.2 Å². The molecule has 5 N–H and O–H groups in total. The second-order valence-corrected chi connectivity index (χ2v) is 6.51. The van der Waals surface area contributed by atoms with Crippen molar-refractivity contribution in [2.45, 2.75) is 58.4 Å². The van der Waals surface area contributed by atoms with E-state index in [1.807, 2.05) is 13.8 Å². The molecular formula is C19H34N4O7. The first-order chi connectivity index (χ1) is 14.3. The first-order valence-electron chi connectivity index (χ1n) is 10.2. The largest absolute Gasteiger partial charge is 0.464 e. The summed E-state index contributed by atoms with van der Waals surface area (Å²) in [5, 5.41) is 6.72. The lowest BCUT2D eigenvalue weighted by Gasteiger charge is -2.17. The number of esters is 2. The standard InChI is InChI=1S/C19H34N4O7/c1-3-5-7-9-29-18(27)17(19(28)30-10-8-6-4-2)23-16(26)13-22-15(25)12-21-14(24)11-20/h17H,3-13,20H2,1-2H3,(H,21,24)(H,22,25)(H,23,26). The van der Waals surface area contributed by atoms with Crippen molar-refractivity contribution in [1.29, 1.82) is 0 Å². The summed E-state index contributed by atoms with van der Waals surface area (Å²) in [6, 6.07) is -1.62. The minimum absolute atomic E-state index is 0.125. The van der Waals surface area contributed by atoms with E-state index in [0.29, 0.717) is 12.8 Å². The monoisotopic (exact) mass is 430 g/mol. The maximum atomic E-state index is 12.2. The highest BCUT2D eigenvalue weighted by Gasteiger charge is 2.31. The molecule has 0 fully saturated rings. The van der Waals surface area contributed by atoms with Crippen LogP contribution in [0.2, 0.25) is 0 Å². The summed E-state index contributed by atoms with van der Waals surface area (Å²) in [5.41, 5.74) is 5.10. The average molecular weight is 431 g/mol. The van der Waals surface area contributed by atoms with Gasteiger partial charge in [-0.05, 0) is 12.8 Å². The number of hydrogen-bond donors (Lipinski definition) is 4. The Morgan fingerprint density at radius 2 is 1.20 bits per heavy atom. The Balaban J connectivity index is 4.66. The molecule has 0 spiro atoms. The van der Waals surface area contributed by atoms with Gasteiger partial charge in [-0.25, -0.2) is 9.59 Å². The number of unbranched alkanes of at least 4 members (excludes halogenated alkanes) is 4. The molecule has 0 aliphatic rings. The molecule has 0 atom stereocenters. The Morgan fingerprint density at radius 1 is 0.733 bits per heavy atom. The van der Waals surface area contributed by atoms with E-state index >= 15 is 0 Å². The van der Waals surface area contributed by atoms with E-state index in [2.05, 4.69) is 16.0 Å². The SMILES string of the molecule is CCCCCOC(=O)C(NC(=O)CNC(=O)CNC(=O)CN)C(=O)OCCCCC. The van der Waals surface area contributed by atoms with Crippen LogP contribution in [0.25, 0.3) is 0 Å². The molecule has 0 saturated carbocycles. The van der Waals surface area contributed by atoms with Gasteiger partial charge < -0.3 is 31.2 Å². The normalized spacial score (nSPS) is 10.3. The Hall–Kier alpha value is -2.69. The summed E-state index contributed by atoms with van der Waals surface area (Å²) in [4.78, 5) is 59.1. The molecule has 0 radical (unpaired) electrons. The number of amides is 3. The third kappa shape index (κ3) is 13.5. The second-order valence-electron chi connectivity index (χ2n) is 6.51. The third-order valence-corrected chi connectivity index (χ3v) is 3.84. The van der Waals surface area contributed by atoms with Crippen molar-refractivity contribution in [3.63, 3.8) is 0 Å². The maximum absolute atomic E-state index is 12.2. The van der Waals surface area contributed by atoms with Crippen LogP contribution in [-0.4, -0.2) is 68.6 Å². The lowest BCUT2D eigenvalue weighted by atomic mass is 10.2. The molecular weight excluding hydrogens is 396 g/mol.